The highest BCUT2D eigenvalue weighted by molar-refractivity contribution is 5.89. The lowest BCUT2D eigenvalue weighted by Gasteiger charge is -2.32. The number of nitrogens with one attached hydrogen (secondary N) is 1. The van der Waals surface area contributed by atoms with E-state index in [9.17, 15) is 14.7 Å². The first-order valence-corrected chi connectivity index (χ1v) is 8.26. The molecule has 5 nitrogen and oxygen atoms in total. The number of carbonyl (C=O) groups is 2. The van der Waals surface area contributed by atoms with Gasteiger partial charge >= 0.3 is 0 Å². The van der Waals surface area contributed by atoms with Gasteiger partial charge in [0.2, 0.25) is 11.8 Å². The summed E-state index contributed by atoms with van der Waals surface area (Å²) in [5, 5.41) is 12.6. The van der Waals surface area contributed by atoms with Gasteiger partial charge in [0.1, 0.15) is 6.04 Å². The predicted molar refractivity (Wildman–Crippen MR) is 80.6 cm³/mol. The molecule has 0 radical (unpaired) electrons. The molecule has 0 spiro atoms. The Labute approximate surface area is 127 Å². The van der Waals surface area contributed by atoms with E-state index in [0.717, 1.165) is 38.5 Å². The molecule has 2 N–H and O–H groups in total. The Balaban J connectivity index is 1.96. The molecule has 0 bridgehead atoms. The minimum atomic E-state index is -0.867. The fraction of sp³-hybridized carbons (Fsp3) is 0.875. The lowest BCUT2D eigenvalue weighted by atomic mass is 10.0. The van der Waals surface area contributed by atoms with Crippen molar-refractivity contribution in [2.45, 2.75) is 76.5 Å². The molecule has 0 aromatic carbocycles. The lowest BCUT2D eigenvalue weighted by molar-refractivity contribution is -0.140. The van der Waals surface area contributed by atoms with Crippen molar-refractivity contribution < 1.29 is 14.7 Å². The van der Waals surface area contributed by atoms with Crippen LogP contribution in [-0.2, 0) is 9.59 Å². The molecule has 2 fully saturated rings. The molecule has 2 aliphatic carbocycles. The minimum absolute atomic E-state index is 0.0437. The molecule has 5 heteroatoms. The van der Waals surface area contributed by atoms with Crippen molar-refractivity contribution in [1.29, 1.82) is 0 Å². The SMILES string of the molecule is CC(O)C(NC(=O)C1CC1)C(=O)N(C)C1CCCCCC1. The molecule has 2 unspecified atom stereocenters. The van der Waals surface area contributed by atoms with Crippen LogP contribution in [0.3, 0.4) is 0 Å². The molecule has 2 aliphatic rings. The number of aliphatic hydroxyl groups is 1. The fourth-order valence-corrected chi connectivity index (χ4v) is 3.05. The van der Waals surface area contributed by atoms with Crippen molar-refractivity contribution in [2.24, 2.45) is 5.92 Å². The van der Waals surface area contributed by atoms with Crippen molar-refractivity contribution in [2.75, 3.05) is 7.05 Å². The van der Waals surface area contributed by atoms with Gasteiger partial charge < -0.3 is 15.3 Å². The summed E-state index contributed by atoms with van der Waals surface area (Å²) in [5.74, 6) is -0.211. The van der Waals surface area contributed by atoms with Crippen LogP contribution in [-0.4, -0.2) is 47.1 Å². The zero-order valence-electron chi connectivity index (χ0n) is 13.2. The second-order valence-corrected chi connectivity index (χ2v) is 6.60. The molecular weight excluding hydrogens is 268 g/mol. The second kappa shape index (κ2) is 7.25. The van der Waals surface area contributed by atoms with Crippen LogP contribution >= 0.6 is 0 Å². The van der Waals surface area contributed by atoms with E-state index in [0.29, 0.717) is 0 Å². The number of rotatable bonds is 5. The molecule has 120 valence electrons. The Morgan fingerprint density at radius 3 is 2.14 bits per heavy atom. The fourth-order valence-electron chi connectivity index (χ4n) is 3.05. The molecule has 0 saturated heterocycles. The Hall–Kier alpha value is -1.10. The normalized spacial score (nSPS) is 23.0. The van der Waals surface area contributed by atoms with E-state index in [1.165, 1.54) is 12.8 Å². The minimum Gasteiger partial charge on any atom is -0.391 e. The van der Waals surface area contributed by atoms with E-state index in [-0.39, 0.29) is 23.8 Å². The molecule has 0 aliphatic heterocycles. The zero-order chi connectivity index (χ0) is 15.4. The molecule has 0 aromatic rings. The van der Waals surface area contributed by atoms with Crippen molar-refractivity contribution in [3.63, 3.8) is 0 Å². The van der Waals surface area contributed by atoms with Crippen molar-refractivity contribution in [1.82, 2.24) is 10.2 Å². The van der Waals surface area contributed by atoms with Crippen LogP contribution in [0.15, 0.2) is 0 Å². The molecule has 2 rings (SSSR count). The first-order chi connectivity index (χ1) is 10.0. The summed E-state index contributed by atoms with van der Waals surface area (Å²) in [7, 11) is 1.80. The van der Waals surface area contributed by atoms with Crippen LogP contribution in [0.5, 0.6) is 0 Å². The lowest BCUT2D eigenvalue weighted by Crippen LogP contribution is -2.55. The average molecular weight is 296 g/mol. The number of carbonyl (C=O) groups excluding carboxylic acids is 2. The Kier molecular flexibility index (Phi) is 5.62. The second-order valence-electron chi connectivity index (χ2n) is 6.60. The number of nitrogens with zero attached hydrogens (tertiary/aromatic N) is 1. The monoisotopic (exact) mass is 296 g/mol. The number of likely N-dealkylation sites (N-methyl/N-ethyl adjacent to an activating group) is 1. The molecule has 0 heterocycles. The van der Waals surface area contributed by atoms with Gasteiger partial charge in [0.15, 0.2) is 0 Å². The van der Waals surface area contributed by atoms with Crippen LogP contribution < -0.4 is 5.32 Å². The van der Waals surface area contributed by atoms with E-state index in [4.69, 9.17) is 0 Å². The molecule has 0 aromatic heterocycles. The molecule has 2 amide bonds. The van der Waals surface area contributed by atoms with Crippen LogP contribution in [0.25, 0.3) is 0 Å². The first-order valence-electron chi connectivity index (χ1n) is 8.26. The van der Waals surface area contributed by atoms with Gasteiger partial charge in [-0.1, -0.05) is 25.7 Å². The molecule has 2 atom stereocenters. The third-order valence-electron chi connectivity index (χ3n) is 4.71. The van der Waals surface area contributed by atoms with E-state index >= 15 is 0 Å². The molecule has 21 heavy (non-hydrogen) atoms. The summed E-state index contributed by atoms with van der Waals surface area (Å²) < 4.78 is 0. The van der Waals surface area contributed by atoms with Crippen LogP contribution in [0, 0.1) is 5.92 Å². The quantitative estimate of drug-likeness (QED) is 0.754. The van der Waals surface area contributed by atoms with Gasteiger partial charge in [0.05, 0.1) is 6.10 Å². The standard InChI is InChI=1S/C16H28N2O3/c1-11(19)14(17-15(20)12-9-10-12)16(21)18(2)13-7-5-3-4-6-8-13/h11-14,19H,3-10H2,1-2H3,(H,17,20). The molecular formula is C16H28N2O3. The van der Waals surface area contributed by atoms with E-state index < -0.39 is 12.1 Å². The van der Waals surface area contributed by atoms with Gasteiger partial charge in [-0.2, -0.15) is 0 Å². The summed E-state index contributed by atoms with van der Waals surface area (Å²) >= 11 is 0. The summed E-state index contributed by atoms with van der Waals surface area (Å²) in [6.07, 6.45) is 7.72. The van der Waals surface area contributed by atoms with E-state index in [2.05, 4.69) is 5.32 Å². The first kappa shape index (κ1) is 16.3. The Morgan fingerprint density at radius 1 is 1.10 bits per heavy atom. The van der Waals surface area contributed by atoms with E-state index in [1.807, 2.05) is 0 Å². The molecule has 2 saturated carbocycles. The third kappa shape index (κ3) is 4.43. The highest BCUT2D eigenvalue weighted by Crippen LogP contribution is 2.29. The zero-order valence-corrected chi connectivity index (χ0v) is 13.2. The predicted octanol–water partition coefficient (Wildman–Crippen LogP) is 1.44. The van der Waals surface area contributed by atoms with Gasteiger partial charge in [-0.3, -0.25) is 9.59 Å². The van der Waals surface area contributed by atoms with Crippen LogP contribution in [0.4, 0.5) is 0 Å². The van der Waals surface area contributed by atoms with Gasteiger partial charge in [0, 0.05) is 19.0 Å². The van der Waals surface area contributed by atoms with Gasteiger partial charge in [-0.15, -0.1) is 0 Å². The van der Waals surface area contributed by atoms with Crippen LogP contribution in [0.1, 0.15) is 58.3 Å². The van der Waals surface area contributed by atoms with Gasteiger partial charge in [0.25, 0.3) is 0 Å². The number of amides is 2. The maximum Gasteiger partial charge on any atom is 0.247 e. The Morgan fingerprint density at radius 2 is 1.67 bits per heavy atom. The van der Waals surface area contributed by atoms with Crippen LogP contribution in [0.2, 0.25) is 0 Å². The maximum atomic E-state index is 12.6. The highest BCUT2D eigenvalue weighted by atomic mass is 16.3. The third-order valence-corrected chi connectivity index (χ3v) is 4.71. The number of aliphatic hydroxyl groups excluding tert-OH is 1. The largest absolute Gasteiger partial charge is 0.391 e. The van der Waals surface area contributed by atoms with Crippen molar-refractivity contribution >= 4 is 11.8 Å². The number of hydrogen-bond acceptors (Lipinski definition) is 3. The summed E-state index contributed by atoms with van der Waals surface area (Å²) in [5.41, 5.74) is 0. The van der Waals surface area contributed by atoms with Gasteiger partial charge in [-0.05, 0) is 32.6 Å². The van der Waals surface area contributed by atoms with Crippen molar-refractivity contribution in [3.05, 3.63) is 0 Å². The topological polar surface area (TPSA) is 69.6 Å². The highest BCUT2D eigenvalue weighted by Gasteiger charge is 2.36. The number of hydrogen-bond donors (Lipinski definition) is 2. The summed E-state index contributed by atoms with van der Waals surface area (Å²) in [6.45, 7) is 1.57. The van der Waals surface area contributed by atoms with Crippen molar-refractivity contribution in [3.8, 4) is 0 Å². The average Bonchev–Trinajstić information content (AvgIpc) is 3.28. The summed E-state index contributed by atoms with van der Waals surface area (Å²) in [6, 6.07) is -0.578. The van der Waals surface area contributed by atoms with E-state index in [1.54, 1.807) is 18.9 Å². The summed E-state index contributed by atoms with van der Waals surface area (Å²) in [4.78, 5) is 26.3. The Bertz CT molecular complexity index is 372. The van der Waals surface area contributed by atoms with Gasteiger partial charge in [-0.25, -0.2) is 0 Å². The smallest absolute Gasteiger partial charge is 0.247 e. The maximum absolute atomic E-state index is 12.6.